The maximum absolute atomic E-state index is 12.4. The monoisotopic (exact) mass is 489 g/mol. The molecule has 1 saturated heterocycles. The Hall–Kier alpha value is -3.76. The minimum atomic E-state index is -0.139. The maximum atomic E-state index is 12.4. The van der Waals surface area contributed by atoms with Gasteiger partial charge in [-0.15, -0.1) is 10.2 Å². The number of aromatic nitrogens is 3. The van der Waals surface area contributed by atoms with E-state index in [4.69, 9.17) is 10.3 Å². The smallest absolute Gasteiger partial charge is 0.234 e. The van der Waals surface area contributed by atoms with Gasteiger partial charge in [0.25, 0.3) is 0 Å². The van der Waals surface area contributed by atoms with E-state index in [1.54, 1.807) is 18.4 Å². The number of piperazine rings is 1. The summed E-state index contributed by atoms with van der Waals surface area (Å²) in [5, 5.41) is 11.4. The highest BCUT2D eigenvalue weighted by atomic mass is 32.2. The summed E-state index contributed by atoms with van der Waals surface area (Å²) in [5.74, 6) is 7.00. The second kappa shape index (κ2) is 10.7. The first kappa shape index (κ1) is 23.0. The molecule has 10 heteroatoms. The molecule has 9 nitrogen and oxygen atoms in total. The lowest BCUT2D eigenvalue weighted by molar-refractivity contribution is -0.113. The maximum Gasteiger partial charge on any atom is 0.234 e. The fourth-order valence-electron chi connectivity index (χ4n) is 4.04. The molecule has 1 aliphatic heterocycles. The molecule has 0 saturated carbocycles. The summed E-state index contributed by atoms with van der Waals surface area (Å²) in [6.07, 6.45) is 1.54. The molecule has 4 aromatic rings. The third-order valence-electron chi connectivity index (χ3n) is 5.88. The Balaban J connectivity index is 1.09. The highest BCUT2D eigenvalue weighted by Crippen LogP contribution is 2.23. The Labute approximate surface area is 207 Å². The third-order valence-corrected chi connectivity index (χ3v) is 6.82. The molecule has 2 aromatic carbocycles. The van der Waals surface area contributed by atoms with Gasteiger partial charge >= 0.3 is 0 Å². The van der Waals surface area contributed by atoms with E-state index in [2.05, 4.69) is 67.8 Å². The van der Waals surface area contributed by atoms with Crippen molar-refractivity contribution >= 4 is 29.0 Å². The molecule has 3 heterocycles. The van der Waals surface area contributed by atoms with Crippen LogP contribution >= 0.6 is 11.8 Å². The summed E-state index contributed by atoms with van der Waals surface area (Å²) >= 11 is 1.22. The van der Waals surface area contributed by atoms with Crippen molar-refractivity contribution in [3.05, 3.63) is 78.6 Å². The standard InChI is InChI=1S/C25H27N7O2S/c26-32-24(22-7-4-16-34-22)28-29-25(32)35-18-23(33)27-20-8-10-21(11-9-20)31-14-12-30(13-15-31)17-19-5-2-1-3-6-19/h1-11,16H,12-15,17-18,26H2,(H,27,33). The number of thioether (sulfide) groups is 1. The predicted octanol–water partition coefficient (Wildman–Crippen LogP) is 3.30. The molecule has 1 amide bonds. The summed E-state index contributed by atoms with van der Waals surface area (Å²) in [5.41, 5.74) is 3.27. The van der Waals surface area contributed by atoms with Crippen LogP contribution in [0.2, 0.25) is 0 Å². The summed E-state index contributed by atoms with van der Waals surface area (Å²) < 4.78 is 6.63. The minimum Gasteiger partial charge on any atom is -0.461 e. The first-order valence-electron chi connectivity index (χ1n) is 11.4. The summed E-state index contributed by atoms with van der Waals surface area (Å²) in [4.78, 5) is 17.3. The van der Waals surface area contributed by atoms with Crippen molar-refractivity contribution in [3.63, 3.8) is 0 Å². The zero-order chi connectivity index (χ0) is 24.0. The van der Waals surface area contributed by atoms with Crippen LogP contribution in [0.5, 0.6) is 0 Å². The topological polar surface area (TPSA) is 105 Å². The summed E-state index contributed by atoms with van der Waals surface area (Å²) in [7, 11) is 0. The van der Waals surface area contributed by atoms with Gasteiger partial charge in [0.15, 0.2) is 5.76 Å². The number of furan rings is 1. The largest absolute Gasteiger partial charge is 0.461 e. The SMILES string of the molecule is Nn1c(SCC(=O)Nc2ccc(N3CCN(Cc4ccccc4)CC3)cc2)nnc1-c1ccco1. The van der Waals surface area contributed by atoms with Crippen LogP contribution in [-0.4, -0.2) is 57.6 Å². The zero-order valence-electron chi connectivity index (χ0n) is 19.2. The molecule has 180 valence electrons. The van der Waals surface area contributed by atoms with E-state index >= 15 is 0 Å². The van der Waals surface area contributed by atoms with Crippen LogP contribution in [0.1, 0.15) is 5.56 Å². The lowest BCUT2D eigenvalue weighted by Crippen LogP contribution is -2.45. The number of anilines is 2. The number of hydrogen-bond donors (Lipinski definition) is 2. The number of rotatable bonds is 8. The normalized spacial score (nSPS) is 14.2. The van der Waals surface area contributed by atoms with Crippen molar-refractivity contribution in [1.82, 2.24) is 19.8 Å². The fourth-order valence-corrected chi connectivity index (χ4v) is 4.69. The van der Waals surface area contributed by atoms with E-state index in [1.807, 2.05) is 12.1 Å². The Morgan fingerprint density at radius 3 is 2.46 bits per heavy atom. The van der Waals surface area contributed by atoms with Crippen LogP contribution in [0.3, 0.4) is 0 Å². The average Bonchev–Trinajstić information content (AvgIpc) is 3.54. The molecule has 1 aliphatic rings. The Morgan fingerprint density at radius 1 is 0.971 bits per heavy atom. The van der Waals surface area contributed by atoms with Crippen molar-refractivity contribution in [2.75, 3.05) is 48.0 Å². The average molecular weight is 490 g/mol. The van der Waals surface area contributed by atoms with Gasteiger partial charge in [0.1, 0.15) is 0 Å². The van der Waals surface area contributed by atoms with Gasteiger partial charge in [0.05, 0.1) is 12.0 Å². The molecule has 0 unspecified atom stereocenters. The molecule has 35 heavy (non-hydrogen) atoms. The number of carbonyl (C=O) groups excluding carboxylic acids is 1. The van der Waals surface area contributed by atoms with Gasteiger partial charge in [-0.1, -0.05) is 42.1 Å². The Kier molecular flexibility index (Phi) is 7.01. The molecular weight excluding hydrogens is 462 g/mol. The molecule has 0 spiro atoms. The van der Waals surface area contributed by atoms with Gasteiger partial charge < -0.3 is 20.5 Å². The molecule has 0 bridgehead atoms. The van der Waals surface area contributed by atoms with Crippen LogP contribution in [0.4, 0.5) is 11.4 Å². The van der Waals surface area contributed by atoms with Crippen LogP contribution in [0.15, 0.2) is 82.6 Å². The van der Waals surface area contributed by atoms with Gasteiger partial charge in [-0.2, -0.15) is 0 Å². The first-order valence-corrected chi connectivity index (χ1v) is 12.4. The van der Waals surface area contributed by atoms with E-state index in [0.29, 0.717) is 16.7 Å². The quantitative estimate of drug-likeness (QED) is 0.287. The van der Waals surface area contributed by atoms with Gasteiger partial charge in [-0.3, -0.25) is 9.69 Å². The van der Waals surface area contributed by atoms with Crippen molar-refractivity contribution < 1.29 is 9.21 Å². The molecule has 0 atom stereocenters. The van der Waals surface area contributed by atoms with Crippen LogP contribution in [0.25, 0.3) is 11.6 Å². The lowest BCUT2D eigenvalue weighted by Gasteiger charge is -2.36. The van der Waals surface area contributed by atoms with E-state index in [-0.39, 0.29) is 11.7 Å². The van der Waals surface area contributed by atoms with Crippen molar-refractivity contribution in [3.8, 4) is 11.6 Å². The minimum absolute atomic E-state index is 0.139. The fraction of sp³-hybridized carbons (Fsp3) is 0.240. The molecular formula is C25H27N7O2S. The summed E-state index contributed by atoms with van der Waals surface area (Å²) in [6, 6.07) is 22.1. The Morgan fingerprint density at radius 2 is 1.74 bits per heavy atom. The molecule has 5 rings (SSSR count). The number of nitrogens with two attached hydrogens (primary N) is 1. The van der Waals surface area contributed by atoms with Gasteiger partial charge in [-0.05, 0) is 42.0 Å². The van der Waals surface area contributed by atoms with Crippen LogP contribution < -0.4 is 16.1 Å². The second-order valence-corrected chi connectivity index (χ2v) is 9.23. The van der Waals surface area contributed by atoms with Crippen molar-refractivity contribution in [1.29, 1.82) is 0 Å². The first-order chi connectivity index (χ1) is 17.2. The van der Waals surface area contributed by atoms with E-state index in [0.717, 1.165) is 38.4 Å². The van der Waals surface area contributed by atoms with Crippen LogP contribution in [0, 0.1) is 0 Å². The van der Waals surface area contributed by atoms with E-state index in [1.165, 1.54) is 27.7 Å². The highest BCUT2D eigenvalue weighted by molar-refractivity contribution is 7.99. The number of benzene rings is 2. The van der Waals surface area contributed by atoms with Gasteiger partial charge in [0, 0.05) is 44.1 Å². The molecule has 1 fully saturated rings. The van der Waals surface area contributed by atoms with Crippen molar-refractivity contribution in [2.24, 2.45) is 0 Å². The predicted molar refractivity (Wildman–Crippen MR) is 138 cm³/mol. The van der Waals surface area contributed by atoms with Crippen molar-refractivity contribution in [2.45, 2.75) is 11.7 Å². The second-order valence-electron chi connectivity index (χ2n) is 8.29. The molecule has 3 N–H and O–H groups in total. The molecule has 0 radical (unpaired) electrons. The molecule has 2 aromatic heterocycles. The van der Waals surface area contributed by atoms with Crippen LogP contribution in [-0.2, 0) is 11.3 Å². The van der Waals surface area contributed by atoms with Gasteiger partial charge in [0.2, 0.25) is 16.9 Å². The molecule has 0 aliphatic carbocycles. The Bertz CT molecular complexity index is 1230. The van der Waals surface area contributed by atoms with Gasteiger partial charge in [-0.25, -0.2) is 4.68 Å². The van der Waals surface area contributed by atoms with E-state index < -0.39 is 0 Å². The summed E-state index contributed by atoms with van der Waals surface area (Å²) in [6.45, 7) is 5.00. The number of nitrogens with zero attached hydrogens (tertiary/aromatic N) is 5. The number of nitrogens with one attached hydrogen (secondary N) is 1. The number of hydrogen-bond acceptors (Lipinski definition) is 8. The van der Waals surface area contributed by atoms with E-state index in [9.17, 15) is 4.79 Å². The number of amides is 1. The highest BCUT2D eigenvalue weighted by Gasteiger charge is 2.18. The third kappa shape index (κ3) is 5.67. The number of nitrogen functional groups attached to an aromatic ring is 1. The lowest BCUT2D eigenvalue weighted by atomic mass is 10.2. The number of carbonyl (C=O) groups is 1. The zero-order valence-corrected chi connectivity index (χ0v) is 20.0.